The number of benzene rings is 2. The summed E-state index contributed by atoms with van der Waals surface area (Å²) in [5.41, 5.74) is 9.67. The number of anilines is 2. The minimum absolute atomic E-state index is 0.0809. The van der Waals surface area contributed by atoms with Gasteiger partial charge in [-0.15, -0.1) is 0 Å². The van der Waals surface area contributed by atoms with Crippen LogP contribution < -0.4 is 16.0 Å². The highest BCUT2D eigenvalue weighted by atomic mass is 16.2. The Balaban J connectivity index is 1.76. The molecule has 2 aromatic carbocycles. The van der Waals surface area contributed by atoms with Crippen LogP contribution >= 0.6 is 0 Å². The molecule has 1 aliphatic rings. The summed E-state index contributed by atoms with van der Waals surface area (Å²) in [5, 5.41) is 2.95. The van der Waals surface area contributed by atoms with Crippen molar-refractivity contribution in [3.8, 4) is 0 Å². The van der Waals surface area contributed by atoms with Crippen molar-refractivity contribution >= 4 is 17.4 Å². The highest BCUT2D eigenvalue weighted by Crippen LogP contribution is 2.27. The Morgan fingerprint density at radius 2 is 1.90 bits per heavy atom. The molecule has 0 aromatic heterocycles. The summed E-state index contributed by atoms with van der Waals surface area (Å²) in [6.07, 6.45) is 2.03. The molecule has 3 N–H and O–H groups in total. The van der Waals surface area contributed by atoms with E-state index in [1.807, 2.05) is 47.4 Å². The Morgan fingerprint density at radius 3 is 2.67 bits per heavy atom. The van der Waals surface area contributed by atoms with Gasteiger partial charge in [0.15, 0.2) is 0 Å². The van der Waals surface area contributed by atoms with Gasteiger partial charge in [-0.2, -0.15) is 0 Å². The van der Waals surface area contributed by atoms with Gasteiger partial charge in [-0.05, 0) is 42.2 Å². The second-order valence-electron chi connectivity index (χ2n) is 5.22. The third-order valence-corrected chi connectivity index (χ3v) is 3.80. The number of para-hydroxylation sites is 1. The first-order valence-corrected chi connectivity index (χ1v) is 7.23. The number of carbonyl (C=O) groups excluding carboxylic acids is 1. The summed E-state index contributed by atoms with van der Waals surface area (Å²) in [5.74, 6) is 0. The van der Waals surface area contributed by atoms with Crippen LogP contribution in [0.5, 0.6) is 0 Å². The van der Waals surface area contributed by atoms with E-state index in [-0.39, 0.29) is 6.03 Å². The normalized spacial score (nSPS) is 13.7. The maximum atomic E-state index is 12.5. The maximum absolute atomic E-state index is 12.5. The van der Waals surface area contributed by atoms with E-state index in [1.165, 1.54) is 5.56 Å². The molecule has 1 heterocycles. The number of amides is 2. The standard InChI is InChI=1S/C17H19N3O/c18-12-13-7-9-15(10-8-13)19-17(21)20-11-3-5-14-4-1-2-6-16(14)20/h1-2,4,6-10H,3,5,11-12,18H2,(H,19,21). The molecule has 0 radical (unpaired) electrons. The van der Waals surface area contributed by atoms with Crippen molar-refractivity contribution in [3.05, 3.63) is 59.7 Å². The van der Waals surface area contributed by atoms with Gasteiger partial charge in [0.25, 0.3) is 0 Å². The molecule has 2 aromatic rings. The molecule has 21 heavy (non-hydrogen) atoms. The van der Waals surface area contributed by atoms with Crippen LogP contribution in [0.25, 0.3) is 0 Å². The minimum atomic E-state index is -0.0809. The molecule has 0 aliphatic carbocycles. The first-order chi connectivity index (χ1) is 10.3. The molecular formula is C17H19N3O. The Kier molecular flexibility index (Phi) is 3.88. The zero-order valence-electron chi connectivity index (χ0n) is 11.9. The molecule has 108 valence electrons. The van der Waals surface area contributed by atoms with E-state index in [4.69, 9.17) is 5.73 Å². The van der Waals surface area contributed by atoms with Crippen molar-refractivity contribution in [3.63, 3.8) is 0 Å². The SMILES string of the molecule is NCc1ccc(NC(=O)N2CCCc3ccccc32)cc1. The average Bonchev–Trinajstić information content (AvgIpc) is 2.55. The fourth-order valence-corrected chi connectivity index (χ4v) is 2.66. The highest BCUT2D eigenvalue weighted by Gasteiger charge is 2.21. The maximum Gasteiger partial charge on any atom is 0.326 e. The van der Waals surface area contributed by atoms with Gasteiger partial charge in [-0.3, -0.25) is 4.90 Å². The van der Waals surface area contributed by atoms with Crippen molar-refractivity contribution in [1.29, 1.82) is 0 Å². The molecular weight excluding hydrogens is 262 g/mol. The number of urea groups is 1. The lowest BCUT2D eigenvalue weighted by atomic mass is 10.0. The lowest BCUT2D eigenvalue weighted by Gasteiger charge is -2.29. The number of aryl methyl sites for hydroxylation is 1. The summed E-state index contributed by atoms with van der Waals surface area (Å²) in [7, 11) is 0. The minimum Gasteiger partial charge on any atom is -0.326 e. The summed E-state index contributed by atoms with van der Waals surface area (Å²) in [6, 6.07) is 15.6. The van der Waals surface area contributed by atoms with Crippen molar-refractivity contribution < 1.29 is 4.79 Å². The summed E-state index contributed by atoms with van der Waals surface area (Å²) >= 11 is 0. The number of nitrogens with two attached hydrogens (primary N) is 1. The summed E-state index contributed by atoms with van der Waals surface area (Å²) < 4.78 is 0. The van der Waals surface area contributed by atoms with Crippen LogP contribution in [0.4, 0.5) is 16.2 Å². The van der Waals surface area contributed by atoms with Crippen molar-refractivity contribution in [2.45, 2.75) is 19.4 Å². The number of nitrogens with one attached hydrogen (secondary N) is 1. The number of nitrogens with zero attached hydrogens (tertiary/aromatic N) is 1. The molecule has 0 unspecified atom stereocenters. The number of fused-ring (bicyclic) bond motifs is 1. The first kappa shape index (κ1) is 13.6. The largest absolute Gasteiger partial charge is 0.326 e. The van der Waals surface area contributed by atoms with Crippen LogP contribution in [0.1, 0.15) is 17.5 Å². The van der Waals surface area contributed by atoms with Crippen LogP contribution in [-0.2, 0) is 13.0 Å². The zero-order chi connectivity index (χ0) is 14.7. The molecule has 3 rings (SSSR count). The van der Waals surface area contributed by atoms with Gasteiger partial charge >= 0.3 is 6.03 Å². The predicted octanol–water partition coefficient (Wildman–Crippen LogP) is 3.13. The van der Waals surface area contributed by atoms with Gasteiger partial charge in [0.1, 0.15) is 0 Å². The molecule has 0 saturated carbocycles. The van der Waals surface area contributed by atoms with E-state index in [0.29, 0.717) is 6.54 Å². The molecule has 0 bridgehead atoms. The van der Waals surface area contributed by atoms with Gasteiger partial charge in [-0.1, -0.05) is 30.3 Å². The number of hydrogen-bond donors (Lipinski definition) is 2. The third kappa shape index (κ3) is 2.90. The molecule has 0 atom stereocenters. The number of rotatable bonds is 2. The highest BCUT2D eigenvalue weighted by molar-refractivity contribution is 6.02. The van der Waals surface area contributed by atoms with Gasteiger partial charge in [0.05, 0.1) is 0 Å². The molecule has 4 nitrogen and oxygen atoms in total. The monoisotopic (exact) mass is 281 g/mol. The smallest absolute Gasteiger partial charge is 0.326 e. The van der Waals surface area contributed by atoms with E-state index in [1.54, 1.807) is 0 Å². The average molecular weight is 281 g/mol. The molecule has 0 spiro atoms. The lowest BCUT2D eigenvalue weighted by Crippen LogP contribution is -2.38. The van der Waals surface area contributed by atoms with Crippen molar-refractivity contribution in [2.24, 2.45) is 5.73 Å². The summed E-state index contributed by atoms with van der Waals surface area (Å²) in [6.45, 7) is 1.26. The predicted molar refractivity (Wildman–Crippen MR) is 85.5 cm³/mol. The third-order valence-electron chi connectivity index (χ3n) is 3.80. The molecule has 0 saturated heterocycles. The lowest BCUT2D eigenvalue weighted by molar-refractivity contribution is 0.256. The zero-order valence-corrected chi connectivity index (χ0v) is 11.9. The quantitative estimate of drug-likeness (QED) is 0.888. The van der Waals surface area contributed by atoms with E-state index < -0.39 is 0 Å². The first-order valence-electron chi connectivity index (χ1n) is 7.23. The van der Waals surface area contributed by atoms with Crippen LogP contribution in [0, 0.1) is 0 Å². The van der Waals surface area contributed by atoms with Gasteiger partial charge in [0, 0.05) is 24.5 Å². The fourth-order valence-electron chi connectivity index (χ4n) is 2.66. The van der Waals surface area contributed by atoms with E-state index in [0.717, 1.165) is 36.3 Å². The van der Waals surface area contributed by atoms with Crippen LogP contribution in [0.3, 0.4) is 0 Å². The Morgan fingerprint density at radius 1 is 1.14 bits per heavy atom. The second kappa shape index (κ2) is 5.97. The molecule has 2 amide bonds. The van der Waals surface area contributed by atoms with Gasteiger partial charge in [0.2, 0.25) is 0 Å². The van der Waals surface area contributed by atoms with E-state index in [9.17, 15) is 4.79 Å². The second-order valence-corrected chi connectivity index (χ2v) is 5.22. The van der Waals surface area contributed by atoms with Crippen molar-refractivity contribution in [1.82, 2.24) is 0 Å². The molecule has 0 fully saturated rings. The number of hydrogen-bond acceptors (Lipinski definition) is 2. The van der Waals surface area contributed by atoms with Crippen LogP contribution in [0.15, 0.2) is 48.5 Å². The Bertz CT molecular complexity index is 637. The molecule has 4 heteroatoms. The van der Waals surface area contributed by atoms with Crippen LogP contribution in [-0.4, -0.2) is 12.6 Å². The fraction of sp³-hybridized carbons (Fsp3) is 0.235. The van der Waals surface area contributed by atoms with E-state index >= 15 is 0 Å². The Hall–Kier alpha value is -2.33. The molecule has 1 aliphatic heterocycles. The van der Waals surface area contributed by atoms with E-state index in [2.05, 4.69) is 11.4 Å². The van der Waals surface area contributed by atoms with Gasteiger partial charge in [-0.25, -0.2) is 4.79 Å². The number of carbonyl (C=O) groups is 1. The summed E-state index contributed by atoms with van der Waals surface area (Å²) in [4.78, 5) is 14.3. The van der Waals surface area contributed by atoms with Crippen LogP contribution in [0.2, 0.25) is 0 Å². The van der Waals surface area contributed by atoms with Crippen molar-refractivity contribution in [2.75, 3.05) is 16.8 Å². The van der Waals surface area contributed by atoms with Gasteiger partial charge < -0.3 is 11.1 Å². The topological polar surface area (TPSA) is 58.4 Å². The Labute approximate surface area is 124 Å².